The normalized spacial score (nSPS) is 20.5. The maximum absolute atomic E-state index is 15.3. The third-order valence-electron chi connectivity index (χ3n) is 8.63. The molecule has 4 aromatic rings. The fourth-order valence-electron chi connectivity index (χ4n) is 6.30. The Morgan fingerprint density at radius 3 is 2.54 bits per heavy atom. The molecule has 1 atom stereocenters. The van der Waals surface area contributed by atoms with E-state index in [1.165, 1.54) is 6.07 Å². The molecule has 2 fully saturated rings. The minimum absolute atomic E-state index is 0.0188. The summed E-state index contributed by atoms with van der Waals surface area (Å²) >= 11 is 0. The molecule has 1 aliphatic carbocycles. The quantitative estimate of drug-likeness (QED) is 0.342. The number of anilines is 3. The summed E-state index contributed by atoms with van der Waals surface area (Å²) in [5, 5.41) is 17.8. The smallest absolute Gasteiger partial charge is 0.229 e. The van der Waals surface area contributed by atoms with Gasteiger partial charge in [-0.1, -0.05) is 6.92 Å². The Morgan fingerprint density at radius 1 is 1.00 bits per heavy atom. The van der Waals surface area contributed by atoms with Crippen molar-refractivity contribution in [1.29, 1.82) is 0 Å². The Kier molecular flexibility index (Phi) is 6.36. The van der Waals surface area contributed by atoms with Gasteiger partial charge in [-0.2, -0.15) is 0 Å². The van der Waals surface area contributed by atoms with Crippen molar-refractivity contribution in [2.45, 2.75) is 51.4 Å². The number of aliphatic hydroxyl groups is 1. The summed E-state index contributed by atoms with van der Waals surface area (Å²) in [5.41, 5.74) is 2.32. The molecule has 41 heavy (non-hydrogen) atoms. The molecule has 1 spiro atoms. The van der Waals surface area contributed by atoms with Crippen LogP contribution in [0.3, 0.4) is 0 Å². The van der Waals surface area contributed by atoms with Crippen LogP contribution in [0.25, 0.3) is 22.3 Å². The number of halogens is 2. The Labute approximate surface area is 236 Å². The van der Waals surface area contributed by atoms with Crippen LogP contribution in [0.2, 0.25) is 0 Å². The SMILES string of the molecule is CCN1CCN(Cc2cnc3cc2NC(O)CC2(CC2)n2c(C)nc4c(F)cc(cc42)-c2nc(ncc2F)N3)CC1. The Hall–Kier alpha value is -3.74. The summed E-state index contributed by atoms with van der Waals surface area (Å²) in [6.07, 6.45) is 4.01. The molecule has 1 aromatic carbocycles. The van der Waals surface area contributed by atoms with Crippen molar-refractivity contribution in [3.63, 3.8) is 0 Å². The number of imidazole rings is 1. The highest BCUT2D eigenvalue weighted by Crippen LogP contribution is 2.50. The van der Waals surface area contributed by atoms with Crippen LogP contribution in [0.5, 0.6) is 0 Å². The number of rotatable bonds is 3. The molecule has 214 valence electrons. The summed E-state index contributed by atoms with van der Waals surface area (Å²) < 4.78 is 32.4. The van der Waals surface area contributed by atoms with Gasteiger partial charge < -0.3 is 25.2 Å². The lowest BCUT2D eigenvalue weighted by molar-refractivity contribution is 0.131. The predicted octanol–water partition coefficient (Wildman–Crippen LogP) is 3.98. The highest BCUT2D eigenvalue weighted by molar-refractivity contribution is 5.83. The maximum Gasteiger partial charge on any atom is 0.229 e. The van der Waals surface area contributed by atoms with Crippen LogP contribution in [0.15, 0.2) is 30.6 Å². The zero-order chi connectivity index (χ0) is 28.3. The first-order valence-electron chi connectivity index (χ1n) is 14.2. The first-order valence-corrected chi connectivity index (χ1v) is 14.2. The average molecular weight is 562 g/mol. The number of fused-ring (bicyclic) bond motifs is 7. The number of hydrogen-bond donors (Lipinski definition) is 3. The largest absolute Gasteiger partial charge is 0.374 e. The molecule has 12 heteroatoms. The molecule has 5 heterocycles. The van der Waals surface area contributed by atoms with Crippen LogP contribution in [0.1, 0.15) is 37.6 Å². The molecule has 3 aliphatic rings. The van der Waals surface area contributed by atoms with Crippen molar-refractivity contribution in [3.8, 4) is 11.3 Å². The minimum Gasteiger partial charge on any atom is -0.374 e. The van der Waals surface area contributed by atoms with Gasteiger partial charge in [-0.05, 0) is 38.4 Å². The summed E-state index contributed by atoms with van der Waals surface area (Å²) in [7, 11) is 0. The van der Waals surface area contributed by atoms with Gasteiger partial charge in [0.2, 0.25) is 5.95 Å². The number of hydrogen-bond acceptors (Lipinski definition) is 9. The lowest BCUT2D eigenvalue weighted by Gasteiger charge is -2.34. The highest BCUT2D eigenvalue weighted by Gasteiger charge is 2.48. The van der Waals surface area contributed by atoms with Crippen molar-refractivity contribution in [3.05, 3.63) is 53.6 Å². The molecule has 3 N–H and O–H groups in total. The number of benzene rings is 1. The van der Waals surface area contributed by atoms with Crippen molar-refractivity contribution in [1.82, 2.24) is 34.3 Å². The number of piperazine rings is 1. The van der Waals surface area contributed by atoms with Gasteiger partial charge in [0, 0.05) is 68.2 Å². The third-order valence-corrected chi connectivity index (χ3v) is 8.63. The fourth-order valence-corrected chi connectivity index (χ4v) is 6.30. The molecular weight excluding hydrogens is 528 g/mol. The molecule has 6 bridgehead atoms. The van der Waals surface area contributed by atoms with Crippen LogP contribution in [-0.2, 0) is 12.1 Å². The lowest BCUT2D eigenvalue weighted by Crippen LogP contribution is -2.45. The second kappa shape index (κ2) is 9.97. The summed E-state index contributed by atoms with van der Waals surface area (Å²) in [4.78, 5) is 22.4. The highest BCUT2D eigenvalue weighted by atomic mass is 19.1. The molecule has 0 radical (unpaired) electrons. The topological polar surface area (TPSA) is 107 Å². The van der Waals surface area contributed by atoms with Crippen molar-refractivity contribution in [2.75, 3.05) is 43.4 Å². The molecule has 1 unspecified atom stereocenters. The van der Waals surface area contributed by atoms with Crippen LogP contribution in [0, 0.1) is 18.6 Å². The minimum atomic E-state index is -0.881. The van der Waals surface area contributed by atoms with E-state index in [-0.39, 0.29) is 22.7 Å². The molecule has 10 nitrogen and oxygen atoms in total. The second-order valence-corrected chi connectivity index (χ2v) is 11.4. The van der Waals surface area contributed by atoms with Crippen molar-refractivity contribution in [2.24, 2.45) is 0 Å². The van der Waals surface area contributed by atoms with Gasteiger partial charge in [-0.15, -0.1) is 0 Å². The first-order chi connectivity index (χ1) is 19.8. The molecule has 3 aromatic heterocycles. The number of likely N-dealkylation sites (N-methyl/N-ethyl adjacent to an activating group) is 1. The van der Waals surface area contributed by atoms with E-state index in [0.717, 1.165) is 63.0 Å². The molecular formula is C29H33F2N9O. The molecule has 2 aliphatic heterocycles. The van der Waals surface area contributed by atoms with Crippen LogP contribution in [-0.4, -0.2) is 78.4 Å². The van der Waals surface area contributed by atoms with Gasteiger partial charge in [-0.25, -0.2) is 28.7 Å². The zero-order valence-electron chi connectivity index (χ0n) is 23.2. The number of nitrogens with zero attached hydrogens (tertiary/aromatic N) is 7. The Morgan fingerprint density at radius 2 is 1.78 bits per heavy atom. The van der Waals surface area contributed by atoms with Gasteiger partial charge in [0.15, 0.2) is 11.6 Å². The van der Waals surface area contributed by atoms with Crippen molar-refractivity contribution >= 4 is 28.5 Å². The van der Waals surface area contributed by atoms with Gasteiger partial charge in [-0.3, -0.25) is 4.90 Å². The molecule has 7 rings (SSSR count). The van der Waals surface area contributed by atoms with Crippen LogP contribution in [0.4, 0.5) is 26.2 Å². The summed E-state index contributed by atoms with van der Waals surface area (Å²) in [6.45, 7) is 9.69. The van der Waals surface area contributed by atoms with E-state index in [2.05, 4.69) is 47.3 Å². The lowest BCUT2D eigenvalue weighted by atomic mass is 10.1. The van der Waals surface area contributed by atoms with Gasteiger partial charge in [0.05, 0.1) is 17.3 Å². The van der Waals surface area contributed by atoms with E-state index in [4.69, 9.17) is 0 Å². The predicted molar refractivity (Wildman–Crippen MR) is 152 cm³/mol. The Bertz CT molecular complexity index is 1630. The number of aromatic nitrogens is 5. The van der Waals surface area contributed by atoms with Crippen molar-refractivity contribution < 1.29 is 13.9 Å². The van der Waals surface area contributed by atoms with E-state index in [1.54, 1.807) is 12.3 Å². The standard InChI is InChI=1S/C29H33F2N9O/c1-3-38-6-8-39(9-7-38)16-19-14-32-24-12-22(19)35-25(41)13-29(4-5-29)40-17(2)34-27-20(30)10-18(11-23(27)40)26-21(31)15-33-28(36-24)37-26/h10-12,14-15,25,35,41H,3-9,13,16H2,1-2H3,(H,32,33,36,37). The van der Waals surface area contributed by atoms with Crippen LogP contribution >= 0.6 is 0 Å². The zero-order valence-corrected chi connectivity index (χ0v) is 23.2. The maximum atomic E-state index is 15.3. The van der Waals surface area contributed by atoms with E-state index >= 15 is 8.78 Å². The van der Waals surface area contributed by atoms with Crippen LogP contribution < -0.4 is 10.6 Å². The summed E-state index contributed by atoms with van der Waals surface area (Å²) in [5.74, 6) is 0.00666. The van der Waals surface area contributed by atoms with E-state index < -0.39 is 23.4 Å². The fraction of sp³-hybridized carbons (Fsp3) is 0.448. The second-order valence-electron chi connectivity index (χ2n) is 11.4. The molecule has 0 amide bonds. The number of pyridine rings is 1. The third kappa shape index (κ3) is 4.79. The Balaban J connectivity index is 1.31. The average Bonchev–Trinajstić information content (AvgIpc) is 3.63. The van der Waals surface area contributed by atoms with Gasteiger partial charge in [0.25, 0.3) is 0 Å². The monoisotopic (exact) mass is 561 g/mol. The van der Waals surface area contributed by atoms with E-state index in [1.807, 2.05) is 17.6 Å². The first kappa shape index (κ1) is 26.2. The number of nitrogens with one attached hydrogen (secondary N) is 2. The van der Waals surface area contributed by atoms with E-state index in [9.17, 15) is 5.11 Å². The number of aryl methyl sites for hydroxylation is 1. The molecule has 1 saturated carbocycles. The molecule has 1 saturated heterocycles. The van der Waals surface area contributed by atoms with Gasteiger partial charge in [0.1, 0.15) is 29.1 Å². The van der Waals surface area contributed by atoms with Gasteiger partial charge >= 0.3 is 0 Å². The summed E-state index contributed by atoms with van der Waals surface area (Å²) in [6, 6.07) is 4.81. The van der Waals surface area contributed by atoms with E-state index in [0.29, 0.717) is 30.1 Å². The number of aliphatic hydroxyl groups excluding tert-OH is 1.